The number of aliphatic hydroxyl groups is 3. The Hall–Kier alpha value is -1.88. The van der Waals surface area contributed by atoms with Crippen LogP contribution in [0.3, 0.4) is 0 Å². The highest BCUT2D eigenvalue weighted by molar-refractivity contribution is 5.65. The van der Waals surface area contributed by atoms with E-state index in [1.807, 2.05) is 0 Å². The lowest BCUT2D eigenvalue weighted by Gasteiger charge is -2.30. The van der Waals surface area contributed by atoms with Crippen LogP contribution < -0.4 is 5.73 Å². The van der Waals surface area contributed by atoms with Gasteiger partial charge in [-0.3, -0.25) is 0 Å². The zero-order valence-corrected chi connectivity index (χ0v) is 11.2. The van der Waals surface area contributed by atoms with Gasteiger partial charge in [0.1, 0.15) is 30.2 Å². The van der Waals surface area contributed by atoms with E-state index in [-0.39, 0.29) is 17.0 Å². The molecular formula is C12H14F2N4O4. The van der Waals surface area contributed by atoms with Crippen molar-refractivity contribution in [3.63, 3.8) is 0 Å². The Bertz CT molecular complexity index is 697. The molecule has 3 heterocycles. The van der Waals surface area contributed by atoms with Crippen LogP contribution in [0.25, 0.3) is 5.52 Å². The third kappa shape index (κ3) is 1.81. The summed E-state index contributed by atoms with van der Waals surface area (Å²) in [6, 6.07) is 2.67. The molecule has 0 spiro atoms. The average Bonchev–Trinajstić information content (AvgIpc) is 3.02. The third-order valence-electron chi connectivity index (χ3n) is 3.88. The van der Waals surface area contributed by atoms with Crippen LogP contribution in [0.15, 0.2) is 18.5 Å². The molecule has 1 fully saturated rings. The van der Waals surface area contributed by atoms with Crippen molar-refractivity contribution < 1.29 is 28.8 Å². The quantitative estimate of drug-likeness (QED) is 0.565. The van der Waals surface area contributed by atoms with Crippen LogP contribution in [-0.4, -0.2) is 61.3 Å². The largest absolute Gasteiger partial charge is 0.394 e. The lowest BCUT2D eigenvalue weighted by molar-refractivity contribution is -0.179. The number of hydrogen-bond acceptors (Lipinski definition) is 7. The van der Waals surface area contributed by atoms with Crippen molar-refractivity contribution in [2.75, 3.05) is 12.3 Å². The summed E-state index contributed by atoms with van der Waals surface area (Å²) in [7, 11) is 0. The number of anilines is 1. The Morgan fingerprint density at radius 2 is 2.14 bits per heavy atom. The summed E-state index contributed by atoms with van der Waals surface area (Å²) in [4.78, 5) is 3.75. The molecular weight excluding hydrogens is 302 g/mol. The van der Waals surface area contributed by atoms with Crippen molar-refractivity contribution in [1.82, 2.24) is 14.6 Å². The minimum absolute atomic E-state index is 0.0670. The molecule has 1 aliphatic rings. The summed E-state index contributed by atoms with van der Waals surface area (Å²) < 4.78 is 33.7. The fourth-order valence-electron chi connectivity index (χ4n) is 2.75. The summed E-state index contributed by atoms with van der Waals surface area (Å²) in [6.07, 6.45) is -7.05. The average molecular weight is 316 g/mol. The van der Waals surface area contributed by atoms with Gasteiger partial charge in [0.25, 0.3) is 6.43 Å². The highest BCUT2D eigenvalue weighted by Crippen LogP contribution is 2.44. The molecule has 22 heavy (non-hydrogen) atoms. The van der Waals surface area contributed by atoms with E-state index in [1.54, 1.807) is 0 Å². The van der Waals surface area contributed by atoms with E-state index in [9.17, 15) is 19.0 Å². The molecule has 0 aromatic carbocycles. The Labute approximate surface area is 122 Å². The van der Waals surface area contributed by atoms with Crippen molar-refractivity contribution >= 4 is 11.3 Å². The second kappa shape index (κ2) is 5.09. The van der Waals surface area contributed by atoms with Gasteiger partial charge in [0.05, 0.1) is 12.3 Å². The molecule has 10 heteroatoms. The second-order valence-corrected chi connectivity index (χ2v) is 5.03. The van der Waals surface area contributed by atoms with Crippen LogP contribution in [0.5, 0.6) is 0 Å². The van der Waals surface area contributed by atoms with Gasteiger partial charge in [0.2, 0.25) is 0 Å². The fraction of sp³-hybridized carbons (Fsp3) is 0.500. The second-order valence-electron chi connectivity index (χ2n) is 5.03. The summed E-state index contributed by atoms with van der Waals surface area (Å²) in [5.41, 5.74) is 3.20. The number of aliphatic hydroxyl groups excluding tert-OH is 3. The van der Waals surface area contributed by atoms with Crippen LogP contribution in [-0.2, 0) is 10.3 Å². The van der Waals surface area contributed by atoms with E-state index < -0.39 is 36.9 Å². The maximum Gasteiger partial charge on any atom is 0.275 e. The number of hydrogen-bond donors (Lipinski definition) is 4. The molecule has 1 aliphatic heterocycles. The molecule has 0 bridgehead atoms. The van der Waals surface area contributed by atoms with Crippen LogP contribution in [0.1, 0.15) is 5.69 Å². The van der Waals surface area contributed by atoms with Gasteiger partial charge in [-0.05, 0) is 12.1 Å². The van der Waals surface area contributed by atoms with E-state index in [1.165, 1.54) is 12.1 Å². The van der Waals surface area contributed by atoms with Gasteiger partial charge in [-0.15, -0.1) is 0 Å². The fourth-order valence-corrected chi connectivity index (χ4v) is 2.75. The molecule has 0 aliphatic carbocycles. The number of halogens is 2. The molecule has 2 aromatic rings. The molecule has 3 rings (SSSR count). The molecule has 120 valence electrons. The lowest BCUT2D eigenvalue weighted by atomic mass is 9.91. The summed E-state index contributed by atoms with van der Waals surface area (Å²) in [5.74, 6) is 0.0670. The Morgan fingerprint density at radius 1 is 1.41 bits per heavy atom. The monoisotopic (exact) mass is 316 g/mol. The van der Waals surface area contributed by atoms with Gasteiger partial charge < -0.3 is 25.8 Å². The van der Waals surface area contributed by atoms with E-state index in [4.69, 9.17) is 15.6 Å². The first-order valence-corrected chi connectivity index (χ1v) is 6.45. The van der Waals surface area contributed by atoms with Crippen LogP contribution in [0.4, 0.5) is 14.6 Å². The van der Waals surface area contributed by atoms with Gasteiger partial charge in [0, 0.05) is 0 Å². The van der Waals surface area contributed by atoms with Crippen molar-refractivity contribution in [2.45, 2.75) is 30.3 Å². The number of fused-ring (bicyclic) bond motifs is 1. The molecule has 0 amide bonds. The maximum absolute atomic E-state index is 13.8. The van der Waals surface area contributed by atoms with Gasteiger partial charge in [-0.25, -0.2) is 18.3 Å². The normalized spacial score (nSPS) is 32.2. The first-order valence-electron chi connectivity index (χ1n) is 6.45. The van der Waals surface area contributed by atoms with Gasteiger partial charge in [-0.2, -0.15) is 5.10 Å². The molecule has 1 saturated heterocycles. The molecule has 8 nitrogen and oxygen atoms in total. The van der Waals surface area contributed by atoms with E-state index >= 15 is 0 Å². The van der Waals surface area contributed by atoms with Crippen molar-refractivity contribution in [2.24, 2.45) is 0 Å². The van der Waals surface area contributed by atoms with Gasteiger partial charge in [-0.1, -0.05) is 0 Å². The zero-order chi connectivity index (χ0) is 16.1. The van der Waals surface area contributed by atoms with Crippen LogP contribution in [0, 0.1) is 0 Å². The SMILES string of the molecule is Nc1ncnn2c([C@]3(C(F)F)O[C@@H](CO)[C@H](O)C3O)ccc12. The summed E-state index contributed by atoms with van der Waals surface area (Å²) >= 11 is 0. The Morgan fingerprint density at radius 3 is 2.73 bits per heavy atom. The standard InChI is InChI=1S/C12H14F2N4O4/c13-11(14)12(9(21)8(20)6(3-19)22-12)7-2-1-5-10(15)16-4-17-18(5)7/h1-2,4,6,8-9,11,19-21H,3H2,(H2,15,16,17)/t6-,8-,9?,12-/m0/s1. The van der Waals surface area contributed by atoms with Crippen molar-refractivity contribution in [1.29, 1.82) is 0 Å². The smallest absolute Gasteiger partial charge is 0.275 e. The molecule has 1 unspecified atom stereocenters. The van der Waals surface area contributed by atoms with Crippen LogP contribution >= 0.6 is 0 Å². The Kier molecular flexibility index (Phi) is 3.48. The lowest BCUT2D eigenvalue weighted by Crippen LogP contribution is -2.47. The topological polar surface area (TPSA) is 126 Å². The number of nitrogen functional groups attached to an aromatic ring is 1. The molecule has 0 radical (unpaired) electrons. The number of nitrogens with two attached hydrogens (primary N) is 1. The van der Waals surface area contributed by atoms with Gasteiger partial charge in [0.15, 0.2) is 11.4 Å². The van der Waals surface area contributed by atoms with E-state index in [0.717, 1.165) is 10.8 Å². The maximum atomic E-state index is 13.8. The minimum atomic E-state index is -3.18. The number of alkyl halides is 2. The highest BCUT2D eigenvalue weighted by atomic mass is 19.3. The predicted octanol–water partition coefficient (Wildman–Crippen LogP) is -1.12. The first kappa shape index (κ1) is 15.0. The molecule has 0 saturated carbocycles. The minimum Gasteiger partial charge on any atom is -0.394 e. The van der Waals surface area contributed by atoms with E-state index in [0.29, 0.717) is 0 Å². The van der Waals surface area contributed by atoms with Gasteiger partial charge >= 0.3 is 0 Å². The summed E-state index contributed by atoms with van der Waals surface area (Å²) in [6.45, 7) is -0.715. The third-order valence-corrected chi connectivity index (χ3v) is 3.88. The number of aromatic nitrogens is 3. The van der Waals surface area contributed by atoms with E-state index in [2.05, 4.69) is 10.1 Å². The first-order chi connectivity index (χ1) is 10.4. The van der Waals surface area contributed by atoms with Crippen molar-refractivity contribution in [3.8, 4) is 0 Å². The highest BCUT2D eigenvalue weighted by Gasteiger charge is 2.62. The van der Waals surface area contributed by atoms with Crippen LogP contribution in [0.2, 0.25) is 0 Å². The number of nitrogens with zero attached hydrogens (tertiary/aromatic N) is 3. The van der Waals surface area contributed by atoms with Crippen molar-refractivity contribution in [3.05, 3.63) is 24.2 Å². The summed E-state index contributed by atoms with van der Waals surface area (Å²) in [5, 5.41) is 32.9. The predicted molar refractivity (Wildman–Crippen MR) is 69.1 cm³/mol. The Balaban J connectivity index is 2.22. The number of ether oxygens (including phenoxy) is 1. The number of rotatable bonds is 3. The molecule has 4 atom stereocenters. The molecule has 5 N–H and O–H groups in total. The molecule has 2 aromatic heterocycles. The zero-order valence-electron chi connectivity index (χ0n) is 11.2.